The quantitative estimate of drug-likeness (QED) is 0.0987. The zero-order valence-corrected chi connectivity index (χ0v) is 37.3. The Hall–Kier alpha value is -2.07. The van der Waals surface area contributed by atoms with E-state index in [0.717, 1.165) is 66.5 Å². The van der Waals surface area contributed by atoms with E-state index in [0.29, 0.717) is 17.6 Å². The molecule has 0 amide bonds. The third kappa shape index (κ3) is 7.66. The van der Waals surface area contributed by atoms with Gasteiger partial charge in [-0.05, 0) is 116 Å². The van der Waals surface area contributed by atoms with Crippen molar-refractivity contribution in [3.63, 3.8) is 0 Å². The van der Waals surface area contributed by atoms with Crippen LogP contribution in [-0.4, -0.2) is 43.1 Å². The molecule has 10 rings (SSSR count). The van der Waals surface area contributed by atoms with Gasteiger partial charge < -0.3 is 9.84 Å². The van der Waals surface area contributed by atoms with Gasteiger partial charge in [0.1, 0.15) is 19.9 Å². The first-order chi connectivity index (χ1) is 25.9. The van der Waals surface area contributed by atoms with E-state index >= 15 is 0 Å². The number of pyridine rings is 2. The van der Waals surface area contributed by atoms with E-state index in [4.69, 9.17) is 54.6 Å². The van der Waals surface area contributed by atoms with Crippen molar-refractivity contribution in [1.82, 2.24) is 29.9 Å². The molecule has 0 bridgehead atoms. The van der Waals surface area contributed by atoms with Crippen molar-refractivity contribution in [2.24, 2.45) is 0 Å². The molecule has 8 heterocycles. The zero-order valence-electron chi connectivity index (χ0n) is 29.8. The minimum atomic E-state index is 0. The van der Waals surface area contributed by atoms with E-state index in [9.17, 15) is 0 Å². The zero-order chi connectivity index (χ0) is 36.6. The number of nitrogens with zero attached hydrogens (tertiary/aromatic N) is 6. The number of aryl methyl sites for hydroxylation is 2. The Morgan fingerprint density at radius 3 is 1.65 bits per heavy atom. The summed E-state index contributed by atoms with van der Waals surface area (Å²) in [6.07, 6.45) is 9.04. The van der Waals surface area contributed by atoms with E-state index < -0.39 is 0 Å². The van der Waals surface area contributed by atoms with Crippen LogP contribution in [-0.2, 0) is 25.7 Å². The van der Waals surface area contributed by atoms with Crippen LogP contribution in [0.25, 0.3) is 61.7 Å². The average molecular weight is 862 g/mol. The molecule has 8 nitrogen and oxygen atoms in total. The molecule has 2 aliphatic rings. The molecule has 16 heteroatoms. The molecule has 0 aliphatic heterocycles. The number of aromatic nitrogens is 6. The fraction of sp³-hybridized carbons (Fsp3) is 0.316. The molecule has 0 saturated heterocycles. The van der Waals surface area contributed by atoms with Crippen LogP contribution in [0.15, 0.2) is 35.0 Å². The molecule has 8 aromatic rings. The van der Waals surface area contributed by atoms with Crippen LogP contribution >= 0.6 is 80.1 Å². The van der Waals surface area contributed by atoms with Crippen molar-refractivity contribution in [2.75, 3.05) is 13.2 Å². The normalized spacial score (nSPS) is 13.5. The molecule has 0 unspecified atom stereocenters. The minimum Gasteiger partial charge on any atom is -0.855 e. The molecule has 54 heavy (non-hydrogen) atoms. The monoisotopic (exact) mass is 860 g/mol. The maximum Gasteiger partial charge on any atom is 1.00 e. The third-order valence-corrected chi connectivity index (χ3v) is 13.8. The second kappa shape index (κ2) is 17.6. The summed E-state index contributed by atoms with van der Waals surface area (Å²) >= 11 is 25.3. The maximum absolute atomic E-state index is 8.93. The first kappa shape index (κ1) is 40.1. The molecule has 0 aromatic carbocycles. The van der Waals surface area contributed by atoms with Crippen LogP contribution < -0.4 is 39.4 Å². The van der Waals surface area contributed by atoms with Crippen molar-refractivity contribution >= 4 is 121 Å². The summed E-state index contributed by atoms with van der Waals surface area (Å²) in [6.45, 7) is 4.06. The average Bonchev–Trinajstić information content (AvgIpc) is 3.98. The Morgan fingerprint density at radius 2 is 1.15 bits per heavy atom. The summed E-state index contributed by atoms with van der Waals surface area (Å²) in [5.41, 5.74) is 9.42. The molecule has 0 radical (unpaired) electrons. The fourth-order valence-corrected chi connectivity index (χ4v) is 11.5. The number of hydrogen-bond acceptors (Lipinski definition) is 12. The van der Waals surface area contributed by atoms with Gasteiger partial charge in [-0.2, -0.15) is 4.98 Å². The van der Waals surface area contributed by atoms with Crippen LogP contribution in [0.3, 0.4) is 0 Å². The van der Waals surface area contributed by atoms with Crippen LogP contribution in [0, 0.1) is 0 Å². The summed E-state index contributed by atoms with van der Waals surface area (Å²) in [7, 11) is 0. The van der Waals surface area contributed by atoms with E-state index in [1.165, 1.54) is 69.1 Å². The standard InChI is InChI=1S/C19H16ClN3OS2.C17H11Cl2N3S2.C2H5O.Na/c1-2-24-17-16-15(22-19(20)23-17)14-13(12-8-5-9-25-12)10-6-3-4-7-11(10)21-18(14)26-16;18-15-14-13(21-17(19)22-15)12-11(10-6-3-7-23-10)8-4-1-2-5-9(8)20-16(12)24-14;1-2-3;/h5,8-9H,2-4,6-7H2,1H3;3,6-7H,1-2,4-5H2;2H2,1H3;/q;;-1;+1. The van der Waals surface area contributed by atoms with Gasteiger partial charge in [0.2, 0.25) is 16.4 Å². The summed E-state index contributed by atoms with van der Waals surface area (Å²) < 4.78 is 7.53. The molecule has 0 spiro atoms. The van der Waals surface area contributed by atoms with Gasteiger partial charge in [-0.1, -0.05) is 30.7 Å². The van der Waals surface area contributed by atoms with E-state index in [-0.39, 0.29) is 46.7 Å². The molecule has 0 saturated carbocycles. The first-order valence-corrected chi connectivity index (χ1v) is 22.0. The summed E-state index contributed by atoms with van der Waals surface area (Å²) in [4.78, 5) is 31.9. The number of hydrogen-bond donors (Lipinski definition) is 0. The van der Waals surface area contributed by atoms with Crippen molar-refractivity contribution in [3.8, 4) is 26.8 Å². The number of halogens is 3. The Bertz CT molecular complexity index is 2600. The van der Waals surface area contributed by atoms with Gasteiger partial charge >= 0.3 is 29.6 Å². The van der Waals surface area contributed by atoms with E-state index in [1.807, 2.05) is 6.92 Å². The van der Waals surface area contributed by atoms with Crippen LogP contribution in [0.5, 0.6) is 5.88 Å². The second-order valence-electron chi connectivity index (χ2n) is 12.4. The van der Waals surface area contributed by atoms with Gasteiger partial charge in [-0.15, -0.1) is 52.0 Å². The Kier molecular flexibility index (Phi) is 13.1. The van der Waals surface area contributed by atoms with Gasteiger partial charge in [0.25, 0.3) is 0 Å². The summed E-state index contributed by atoms with van der Waals surface area (Å²) in [6, 6.07) is 8.54. The third-order valence-electron chi connectivity index (χ3n) is 9.17. The minimum absolute atomic E-state index is 0. The first-order valence-electron chi connectivity index (χ1n) is 17.5. The predicted octanol–water partition coefficient (Wildman–Crippen LogP) is 8.42. The largest absolute Gasteiger partial charge is 1.00 e. The predicted molar refractivity (Wildman–Crippen MR) is 222 cm³/mol. The van der Waals surface area contributed by atoms with Crippen LogP contribution in [0.4, 0.5) is 0 Å². The molecule has 0 fully saturated rings. The van der Waals surface area contributed by atoms with Gasteiger partial charge in [0.05, 0.1) is 16.8 Å². The maximum atomic E-state index is 8.93. The fourth-order valence-electron chi connectivity index (χ4n) is 7.16. The van der Waals surface area contributed by atoms with Crippen molar-refractivity contribution in [2.45, 2.75) is 65.2 Å². The Labute approximate surface area is 365 Å². The van der Waals surface area contributed by atoms with E-state index in [2.05, 4.69) is 55.0 Å². The number of fused-ring (bicyclic) bond motifs is 8. The summed E-state index contributed by atoms with van der Waals surface area (Å²) in [5, 5.41) is 16.1. The smallest absolute Gasteiger partial charge is 0.855 e. The number of ether oxygens (including phenoxy) is 1. The molecular formula is C38H32Cl3N6NaO2S4. The number of rotatable bonds is 4. The SMILES string of the molecule is CCOc1nc(Cl)nc2c1sc1nc3c(c(-c4cccs4)c12)CCCC3.CC[O-].Clc1nc(Cl)c2sc3nc4c(c(-c5cccs5)c3c2n1)CCCC4.[Na+]. The van der Waals surface area contributed by atoms with Gasteiger partial charge in [0.15, 0.2) is 5.15 Å². The van der Waals surface area contributed by atoms with Gasteiger partial charge in [0, 0.05) is 43.0 Å². The molecular weight excluding hydrogens is 830 g/mol. The topological polar surface area (TPSA) is 110 Å². The van der Waals surface area contributed by atoms with E-state index in [1.54, 1.807) is 52.3 Å². The molecule has 8 aromatic heterocycles. The van der Waals surface area contributed by atoms with Crippen molar-refractivity contribution in [3.05, 3.63) is 73.3 Å². The van der Waals surface area contributed by atoms with Gasteiger partial charge in [-0.25, -0.2) is 24.9 Å². The van der Waals surface area contributed by atoms with Crippen LogP contribution in [0.1, 0.15) is 62.0 Å². The molecule has 2 aliphatic carbocycles. The molecule has 0 N–H and O–H groups in total. The molecule has 272 valence electrons. The summed E-state index contributed by atoms with van der Waals surface area (Å²) in [5.74, 6) is 0.556. The number of thiophene rings is 4. The Morgan fingerprint density at radius 1 is 0.667 bits per heavy atom. The van der Waals surface area contributed by atoms with Gasteiger partial charge in [-0.3, -0.25) is 0 Å². The van der Waals surface area contributed by atoms with Crippen molar-refractivity contribution in [1.29, 1.82) is 0 Å². The van der Waals surface area contributed by atoms with Crippen molar-refractivity contribution < 1.29 is 39.4 Å². The second-order valence-corrected chi connectivity index (χ2v) is 17.3. The molecule has 0 atom stereocenters. The van der Waals surface area contributed by atoms with Crippen LogP contribution in [0.2, 0.25) is 15.7 Å². The Balaban J connectivity index is 0.000000153.